The Hall–Kier alpha value is -14.6. The Labute approximate surface area is 635 Å². The van der Waals surface area contributed by atoms with E-state index in [2.05, 4.69) is 431 Å². The largest absolute Gasteiger partial charge is 0.309 e. The second-order valence-corrected chi connectivity index (χ2v) is 29.1. The fraction of sp³-hybridized carbons (Fsp3) is 0. The molecule has 0 aliphatic rings. The molecule has 0 N–H and O–H groups in total. The molecule has 19 aromatic carbocycles. The van der Waals surface area contributed by atoms with E-state index in [0.717, 1.165) is 17.1 Å². The zero-order valence-corrected chi connectivity index (χ0v) is 60.0. The highest BCUT2D eigenvalue weighted by molar-refractivity contribution is 6.15. The van der Waals surface area contributed by atoms with Gasteiger partial charge in [-0.25, -0.2) is 0 Å². The Morgan fingerprint density at radius 1 is 0.118 bits per heavy atom. The molecule has 0 amide bonds. The number of para-hydroxylation sites is 4. The lowest BCUT2D eigenvalue weighted by atomic mass is 9.98. The summed E-state index contributed by atoms with van der Waals surface area (Å²) in [6.45, 7) is 0. The van der Waals surface area contributed by atoms with Crippen molar-refractivity contribution in [1.29, 1.82) is 0 Å². The van der Waals surface area contributed by atoms with E-state index in [1.54, 1.807) is 0 Å². The summed E-state index contributed by atoms with van der Waals surface area (Å²) < 4.78 is 9.66. The Bertz CT molecular complexity index is 7620. The molecule has 0 fully saturated rings. The van der Waals surface area contributed by atoms with Gasteiger partial charge in [-0.15, -0.1) is 0 Å². The maximum Gasteiger partial charge on any atom is 0.0547 e. The van der Waals surface area contributed by atoms with Gasteiger partial charge in [0.15, 0.2) is 0 Å². The molecule has 0 bridgehead atoms. The second-order valence-electron chi connectivity index (χ2n) is 29.1. The van der Waals surface area contributed by atoms with Gasteiger partial charge in [0.25, 0.3) is 0 Å². The molecule has 4 heterocycles. The van der Waals surface area contributed by atoms with Crippen molar-refractivity contribution in [2.45, 2.75) is 0 Å². The van der Waals surface area contributed by atoms with Gasteiger partial charge in [0.05, 0.1) is 44.1 Å². The van der Waals surface area contributed by atoms with Crippen LogP contribution in [0.15, 0.2) is 413 Å². The van der Waals surface area contributed by atoms with Crippen molar-refractivity contribution in [1.82, 2.24) is 18.3 Å². The summed E-state index contributed by atoms with van der Waals surface area (Å²) in [6, 6.07) is 151. The van der Waals surface area contributed by atoms with Crippen molar-refractivity contribution in [3.05, 3.63) is 413 Å². The summed E-state index contributed by atoms with van der Waals surface area (Å²) in [6.07, 6.45) is 0. The molecule has 0 saturated heterocycles. The lowest BCUT2D eigenvalue weighted by Crippen LogP contribution is -1.94. The Balaban J connectivity index is 0.000000136. The molecule has 4 nitrogen and oxygen atoms in total. The number of fused-ring (bicyclic) bond motifs is 16. The monoisotopic (exact) mass is 1400 g/mol. The van der Waals surface area contributed by atoms with E-state index < -0.39 is 0 Å². The topological polar surface area (TPSA) is 19.7 Å². The van der Waals surface area contributed by atoms with Gasteiger partial charge in [-0.2, -0.15) is 0 Å². The molecule has 0 aliphatic heterocycles. The van der Waals surface area contributed by atoms with E-state index in [9.17, 15) is 0 Å². The molecule has 0 spiro atoms. The fourth-order valence-electron chi connectivity index (χ4n) is 17.7. The Morgan fingerprint density at radius 3 is 0.845 bits per heavy atom. The number of nitrogens with zero attached hydrogens (tertiary/aromatic N) is 4. The van der Waals surface area contributed by atoms with E-state index in [1.807, 2.05) is 0 Å². The van der Waals surface area contributed by atoms with Crippen LogP contribution in [0.4, 0.5) is 0 Å². The molecule has 23 rings (SSSR count). The standard InChI is InChI=1S/C56H36N2.C50H32N2/c1-3-15-45-37(11-1)13-9-19-47(45)39-23-29-43(30-24-39)57-54-22-8-6-18-50(54)52-35-41(28-34-55(52)57)42-27-33-51-49-17-5-7-21-53(49)58(56(51)36-42)44-31-25-40(26-32-44)48-20-10-14-38-12-2-4-16-46(38)48;1-3-11-36-29-38(18-17-33(36)9-1)35-19-24-41(25-20-35)51-47-15-7-5-13-43(47)45-27-22-40(32-50(45)51)39-23-28-49-46(31-39)44-14-6-8-16-48(44)52(49)42-26-21-34-10-2-4-12-37(34)30-42/h1-36H;1-32H. The highest BCUT2D eigenvalue weighted by Crippen LogP contribution is 2.43. The van der Waals surface area contributed by atoms with Crippen molar-refractivity contribution < 1.29 is 0 Å². The molecule has 0 unspecified atom stereocenters. The molecule has 0 saturated carbocycles. The van der Waals surface area contributed by atoms with Crippen LogP contribution in [0.25, 0.3) is 209 Å². The molecule has 0 atom stereocenters. The van der Waals surface area contributed by atoms with Crippen molar-refractivity contribution in [2.75, 3.05) is 0 Å². The van der Waals surface area contributed by atoms with Crippen LogP contribution >= 0.6 is 0 Å². The first-order valence-electron chi connectivity index (χ1n) is 37.9. The van der Waals surface area contributed by atoms with Crippen LogP contribution in [0.5, 0.6) is 0 Å². The van der Waals surface area contributed by atoms with Gasteiger partial charge in [0, 0.05) is 65.8 Å². The van der Waals surface area contributed by atoms with Crippen molar-refractivity contribution in [2.24, 2.45) is 0 Å². The average Bonchev–Trinajstić information content (AvgIpc) is 1.59. The van der Waals surface area contributed by atoms with E-state index in [1.165, 1.54) is 192 Å². The zero-order chi connectivity index (χ0) is 72.3. The average molecular weight is 1400 g/mol. The van der Waals surface area contributed by atoms with E-state index in [0.29, 0.717) is 0 Å². The minimum absolute atomic E-state index is 1.15. The van der Waals surface area contributed by atoms with Gasteiger partial charge in [0.2, 0.25) is 0 Å². The molecule has 0 radical (unpaired) electrons. The van der Waals surface area contributed by atoms with Crippen LogP contribution in [0.3, 0.4) is 0 Å². The number of hydrogen-bond donors (Lipinski definition) is 0. The van der Waals surface area contributed by atoms with Gasteiger partial charge >= 0.3 is 0 Å². The quantitative estimate of drug-likeness (QED) is 0.137. The van der Waals surface area contributed by atoms with E-state index >= 15 is 0 Å². The smallest absolute Gasteiger partial charge is 0.0547 e. The zero-order valence-electron chi connectivity index (χ0n) is 60.0. The predicted molar refractivity (Wildman–Crippen MR) is 467 cm³/mol. The SMILES string of the molecule is c1ccc2c(-c3ccc(-n4c5ccccc5c5cc(-c6ccc7c8ccccc8n(-c8ccc(-c9cccc%10ccccc9%10)cc8)c7c6)ccc54)cc3)cccc2c1.c1ccc2cc(-c3ccc(-n4c5ccccc5c5ccc(-c6ccc7c(c6)c6ccccc6n7-c6ccc7ccccc7c6)cc54)cc3)ccc2c1. The van der Waals surface area contributed by atoms with Crippen LogP contribution in [0.2, 0.25) is 0 Å². The normalized spacial score (nSPS) is 11.8. The first kappa shape index (κ1) is 62.8. The number of benzene rings is 19. The summed E-state index contributed by atoms with van der Waals surface area (Å²) in [7, 11) is 0. The molecular weight excluding hydrogens is 1330 g/mol. The Morgan fingerprint density at radius 2 is 0.391 bits per heavy atom. The lowest BCUT2D eigenvalue weighted by Gasteiger charge is -2.12. The van der Waals surface area contributed by atoms with Gasteiger partial charge < -0.3 is 18.3 Å². The first-order chi connectivity index (χ1) is 54.5. The third kappa shape index (κ3) is 10.4. The van der Waals surface area contributed by atoms with Gasteiger partial charge in [-0.3, -0.25) is 0 Å². The minimum atomic E-state index is 1.15. The highest BCUT2D eigenvalue weighted by Gasteiger charge is 2.21. The van der Waals surface area contributed by atoms with Crippen molar-refractivity contribution in [3.8, 4) is 78.4 Å². The van der Waals surface area contributed by atoms with Gasteiger partial charge in [0.1, 0.15) is 0 Å². The number of aromatic nitrogens is 4. The van der Waals surface area contributed by atoms with Crippen molar-refractivity contribution >= 4 is 130 Å². The Kier molecular flexibility index (Phi) is 14.6. The number of rotatable bonds is 9. The second kappa shape index (κ2) is 25.6. The lowest BCUT2D eigenvalue weighted by molar-refractivity contribution is 1.18. The maximum atomic E-state index is 2.42. The van der Waals surface area contributed by atoms with Crippen molar-refractivity contribution in [3.63, 3.8) is 0 Å². The maximum absolute atomic E-state index is 2.42. The van der Waals surface area contributed by atoms with Crippen LogP contribution in [-0.2, 0) is 0 Å². The van der Waals surface area contributed by atoms with Crippen LogP contribution in [-0.4, -0.2) is 18.3 Å². The summed E-state index contributed by atoms with van der Waals surface area (Å²) >= 11 is 0. The van der Waals surface area contributed by atoms with E-state index in [4.69, 9.17) is 0 Å². The fourth-order valence-corrected chi connectivity index (χ4v) is 17.7. The van der Waals surface area contributed by atoms with Gasteiger partial charge in [-0.05, 0) is 214 Å². The van der Waals surface area contributed by atoms with Crippen LogP contribution < -0.4 is 0 Å². The summed E-state index contributed by atoms with van der Waals surface area (Å²) in [5.74, 6) is 0. The molecule has 4 aromatic heterocycles. The van der Waals surface area contributed by atoms with Crippen LogP contribution in [0, 0.1) is 0 Å². The van der Waals surface area contributed by atoms with Crippen LogP contribution in [0.1, 0.15) is 0 Å². The molecule has 0 aliphatic carbocycles. The third-order valence-corrected chi connectivity index (χ3v) is 23.0. The predicted octanol–water partition coefficient (Wildman–Crippen LogP) is 28.7. The highest BCUT2D eigenvalue weighted by atomic mass is 15.0. The first-order valence-corrected chi connectivity index (χ1v) is 37.9. The minimum Gasteiger partial charge on any atom is -0.309 e. The molecule has 4 heteroatoms. The molecule has 512 valence electrons. The molecule has 23 aromatic rings. The summed E-state index contributed by atoms with van der Waals surface area (Å²) in [4.78, 5) is 0. The summed E-state index contributed by atoms with van der Waals surface area (Å²) in [5, 5.41) is 20.1. The molecule has 110 heavy (non-hydrogen) atoms. The third-order valence-electron chi connectivity index (χ3n) is 23.0. The summed E-state index contributed by atoms with van der Waals surface area (Å²) in [5.41, 5.74) is 26.5. The van der Waals surface area contributed by atoms with E-state index in [-0.39, 0.29) is 0 Å². The molecular formula is C106H68N4. The van der Waals surface area contributed by atoms with Gasteiger partial charge in [-0.1, -0.05) is 297 Å². The number of hydrogen-bond acceptors (Lipinski definition) is 0.